The van der Waals surface area contributed by atoms with Crippen molar-refractivity contribution in [3.63, 3.8) is 0 Å². The van der Waals surface area contributed by atoms with E-state index in [0.717, 1.165) is 52.1 Å². The first kappa shape index (κ1) is 19.7. The van der Waals surface area contributed by atoms with Gasteiger partial charge in [0.1, 0.15) is 0 Å². The van der Waals surface area contributed by atoms with Crippen molar-refractivity contribution < 1.29 is 13.9 Å². The minimum absolute atomic E-state index is 0.00325. The molecule has 2 saturated heterocycles. The monoisotopic (exact) mass is 402 g/mol. The quantitative estimate of drug-likeness (QED) is 0.685. The van der Waals surface area contributed by atoms with E-state index in [1.807, 2.05) is 24.3 Å². The number of likely N-dealkylation sites (tertiary alicyclic amines) is 2. The fourth-order valence-electron chi connectivity index (χ4n) is 4.92. The number of esters is 1. The van der Waals surface area contributed by atoms with Gasteiger partial charge in [0.25, 0.3) is 0 Å². The van der Waals surface area contributed by atoms with E-state index in [9.17, 15) is 4.79 Å². The number of carbonyl (C=O) groups is 1. The Kier molecular flexibility index (Phi) is 5.90. The predicted molar refractivity (Wildman–Crippen MR) is 110 cm³/mol. The molecule has 2 aromatic rings. The lowest BCUT2D eigenvalue weighted by molar-refractivity contribution is -0.157. The maximum atomic E-state index is 13.1. The summed E-state index contributed by atoms with van der Waals surface area (Å²) in [5, 5.41) is 0. The lowest BCUT2D eigenvalue weighted by atomic mass is 9.75. The van der Waals surface area contributed by atoms with Crippen LogP contribution in [0.5, 0.6) is 0 Å². The van der Waals surface area contributed by atoms with Crippen molar-refractivity contribution in [3.05, 3.63) is 46.0 Å². The van der Waals surface area contributed by atoms with Gasteiger partial charge in [-0.05, 0) is 51.4 Å². The molecule has 0 bridgehead atoms. The molecule has 4 rings (SSSR count). The van der Waals surface area contributed by atoms with Crippen molar-refractivity contribution in [1.29, 1.82) is 0 Å². The Morgan fingerprint density at radius 2 is 2.14 bits per heavy atom. The van der Waals surface area contributed by atoms with E-state index in [4.69, 9.17) is 9.15 Å². The first-order chi connectivity index (χ1) is 13.6. The SMILES string of the molecule is CCOC(=O)[C@@]12CCCN(Cc3ccc(C)s3)C[C@@H]1CN(Cc1ccoc1)C2. The number of hydrogen-bond donors (Lipinski definition) is 0. The summed E-state index contributed by atoms with van der Waals surface area (Å²) in [6.07, 6.45) is 5.48. The summed E-state index contributed by atoms with van der Waals surface area (Å²) in [4.78, 5) is 20.8. The Balaban J connectivity index is 1.52. The number of fused-ring (bicyclic) bond motifs is 1. The molecule has 5 nitrogen and oxygen atoms in total. The second-order valence-electron chi connectivity index (χ2n) is 8.23. The van der Waals surface area contributed by atoms with E-state index in [1.54, 1.807) is 12.5 Å². The Hall–Kier alpha value is -1.63. The first-order valence-corrected chi connectivity index (χ1v) is 11.1. The van der Waals surface area contributed by atoms with E-state index in [-0.39, 0.29) is 11.4 Å². The largest absolute Gasteiger partial charge is 0.472 e. The summed E-state index contributed by atoms with van der Waals surface area (Å²) in [5.41, 5.74) is 0.793. The van der Waals surface area contributed by atoms with Gasteiger partial charge in [0.15, 0.2) is 0 Å². The minimum atomic E-state index is -0.375. The van der Waals surface area contributed by atoms with Gasteiger partial charge in [-0.2, -0.15) is 0 Å². The zero-order chi connectivity index (χ0) is 19.6. The maximum absolute atomic E-state index is 13.1. The molecule has 0 radical (unpaired) electrons. The summed E-state index contributed by atoms with van der Waals surface area (Å²) in [6, 6.07) is 6.45. The molecular weight excluding hydrogens is 372 g/mol. The molecule has 4 heterocycles. The fraction of sp³-hybridized carbons (Fsp3) is 0.591. The van der Waals surface area contributed by atoms with Crippen molar-refractivity contribution in [2.75, 3.05) is 32.8 Å². The highest BCUT2D eigenvalue weighted by Crippen LogP contribution is 2.44. The Morgan fingerprint density at radius 3 is 2.86 bits per heavy atom. The molecule has 0 amide bonds. The van der Waals surface area contributed by atoms with Crippen LogP contribution in [0, 0.1) is 18.3 Å². The predicted octanol–water partition coefficient (Wildman–Crippen LogP) is 3.93. The van der Waals surface area contributed by atoms with Crippen LogP contribution in [-0.4, -0.2) is 48.6 Å². The molecular formula is C22H30N2O3S. The number of thiophene rings is 1. The number of furan rings is 1. The van der Waals surface area contributed by atoms with Crippen LogP contribution in [0.2, 0.25) is 0 Å². The number of carbonyl (C=O) groups excluding carboxylic acids is 1. The van der Waals surface area contributed by atoms with Crippen molar-refractivity contribution in [2.45, 2.75) is 39.8 Å². The molecule has 0 aliphatic carbocycles. The van der Waals surface area contributed by atoms with Crippen LogP contribution in [0.1, 0.15) is 35.1 Å². The Labute approximate surface area is 171 Å². The second kappa shape index (κ2) is 8.39. The van der Waals surface area contributed by atoms with Crippen LogP contribution < -0.4 is 0 Å². The highest BCUT2D eigenvalue weighted by molar-refractivity contribution is 7.11. The molecule has 2 atom stereocenters. The van der Waals surface area contributed by atoms with Crippen molar-refractivity contribution in [2.24, 2.45) is 11.3 Å². The van der Waals surface area contributed by atoms with Gasteiger partial charge in [-0.25, -0.2) is 0 Å². The molecule has 2 aliphatic rings. The van der Waals surface area contributed by atoms with Crippen molar-refractivity contribution in [1.82, 2.24) is 9.80 Å². The van der Waals surface area contributed by atoms with E-state index >= 15 is 0 Å². The van der Waals surface area contributed by atoms with Crippen LogP contribution in [0.3, 0.4) is 0 Å². The van der Waals surface area contributed by atoms with Crippen LogP contribution in [0.4, 0.5) is 0 Å². The molecule has 2 fully saturated rings. The molecule has 0 unspecified atom stereocenters. The Bertz CT molecular complexity index is 788. The van der Waals surface area contributed by atoms with Gasteiger partial charge in [0.05, 0.1) is 24.5 Å². The molecule has 6 heteroatoms. The molecule has 0 aromatic carbocycles. The van der Waals surface area contributed by atoms with E-state index in [0.29, 0.717) is 12.5 Å². The maximum Gasteiger partial charge on any atom is 0.313 e. The molecule has 0 spiro atoms. The van der Waals surface area contributed by atoms with Gasteiger partial charge in [0.2, 0.25) is 0 Å². The Morgan fingerprint density at radius 1 is 1.29 bits per heavy atom. The average Bonchev–Trinajstić information content (AvgIpc) is 3.36. The third kappa shape index (κ3) is 4.04. The third-order valence-corrected chi connectivity index (χ3v) is 7.17. The lowest BCUT2D eigenvalue weighted by Gasteiger charge is -2.31. The molecule has 0 N–H and O–H groups in total. The molecule has 152 valence electrons. The smallest absolute Gasteiger partial charge is 0.313 e. The highest BCUT2D eigenvalue weighted by Gasteiger charge is 2.53. The fourth-order valence-corrected chi connectivity index (χ4v) is 5.85. The third-order valence-electron chi connectivity index (χ3n) is 6.19. The molecule has 0 saturated carbocycles. The topological polar surface area (TPSA) is 45.9 Å². The lowest BCUT2D eigenvalue weighted by Crippen LogP contribution is -2.42. The van der Waals surface area contributed by atoms with Gasteiger partial charge >= 0.3 is 5.97 Å². The second-order valence-corrected chi connectivity index (χ2v) is 9.60. The van der Waals surface area contributed by atoms with Gasteiger partial charge in [-0.3, -0.25) is 14.6 Å². The summed E-state index contributed by atoms with van der Waals surface area (Å²) >= 11 is 1.88. The molecule has 2 aromatic heterocycles. The average molecular weight is 403 g/mol. The van der Waals surface area contributed by atoms with E-state index in [2.05, 4.69) is 28.9 Å². The van der Waals surface area contributed by atoms with Crippen molar-refractivity contribution in [3.8, 4) is 0 Å². The molecule has 28 heavy (non-hydrogen) atoms. The standard InChI is InChI=1S/C22H30N2O3S/c1-3-27-21(25)22-8-4-9-23(14-20-6-5-17(2)28-20)12-19(22)13-24(16-22)11-18-7-10-26-15-18/h5-7,10,15,19H,3-4,8-9,11-14,16H2,1-2H3/t19-,22-/m1/s1. The van der Waals surface area contributed by atoms with Gasteiger partial charge in [-0.1, -0.05) is 0 Å². The van der Waals surface area contributed by atoms with Crippen LogP contribution >= 0.6 is 11.3 Å². The summed E-state index contributed by atoms with van der Waals surface area (Å²) < 4.78 is 10.8. The van der Waals surface area contributed by atoms with Crippen LogP contribution in [0.15, 0.2) is 35.1 Å². The van der Waals surface area contributed by atoms with Gasteiger partial charge in [0, 0.05) is 54.0 Å². The number of nitrogens with zero attached hydrogens (tertiary/aromatic N) is 2. The number of rotatable bonds is 6. The van der Waals surface area contributed by atoms with Gasteiger partial charge in [-0.15, -0.1) is 11.3 Å². The zero-order valence-electron chi connectivity index (χ0n) is 16.9. The normalized spacial score (nSPS) is 26.1. The summed E-state index contributed by atoms with van der Waals surface area (Å²) in [7, 11) is 0. The molecule has 2 aliphatic heterocycles. The summed E-state index contributed by atoms with van der Waals surface area (Å²) in [6.45, 7) is 10.1. The number of aryl methyl sites for hydroxylation is 1. The first-order valence-electron chi connectivity index (χ1n) is 10.3. The van der Waals surface area contributed by atoms with Crippen LogP contribution in [0.25, 0.3) is 0 Å². The van der Waals surface area contributed by atoms with Crippen molar-refractivity contribution >= 4 is 17.3 Å². The number of ether oxygens (including phenoxy) is 1. The highest BCUT2D eigenvalue weighted by atomic mass is 32.1. The minimum Gasteiger partial charge on any atom is -0.472 e. The van der Waals surface area contributed by atoms with E-state index in [1.165, 1.54) is 15.3 Å². The summed E-state index contributed by atoms with van der Waals surface area (Å²) in [5.74, 6) is 0.311. The van der Waals surface area contributed by atoms with Gasteiger partial charge < -0.3 is 9.15 Å². The van der Waals surface area contributed by atoms with E-state index < -0.39 is 0 Å². The number of hydrogen-bond acceptors (Lipinski definition) is 6. The van der Waals surface area contributed by atoms with Crippen LogP contribution in [-0.2, 0) is 22.6 Å². The zero-order valence-corrected chi connectivity index (χ0v) is 17.7.